The van der Waals surface area contributed by atoms with Crippen LogP contribution < -0.4 is 16.6 Å². The van der Waals surface area contributed by atoms with E-state index in [-0.39, 0.29) is 13.0 Å². The first-order valence-electron chi connectivity index (χ1n) is 11.8. The summed E-state index contributed by atoms with van der Waals surface area (Å²) in [5, 5.41) is 3.14. The molecule has 1 aromatic carbocycles. The first-order chi connectivity index (χ1) is 17.2. The zero-order valence-corrected chi connectivity index (χ0v) is 21.1. The second kappa shape index (κ2) is 10.9. The van der Waals surface area contributed by atoms with Crippen LogP contribution in [-0.4, -0.2) is 55.9 Å². The van der Waals surface area contributed by atoms with E-state index in [1.165, 1.54) is 11.5 Å². The van der Waals surface area contributed by atoms with Crippen molar-refractivity contribution in [1.82, 2.24) is 15.4 Å². The number of carbonyl (C=O) groups excluding carboxylic acids is 1. The Bertz CT molecular complexity index is 1410. The van der Waals surface area contributed by atoms with E-state index in [1.807, 2.05) is 0 Å². The number of carbonyl (C=O) groups is 1. The average molecular weight is 516 g/mol. The third-order valence-electron chi connectivity index (χ3n) is 6.53. The van der Waals surface area contributed by atoms with Gasteiger partial charge in [0.1, 0.15) is 0 Å². The van der Waals surface area contributed by atoms with Crippen LogP contribution in [0, 0.1) is 29.6 Å². The molecule has 36 heavy (non-hydrogen) atoms. The van der Waals surface area contributed by atoms with Crippen molar-refractivity contribution in [2.45, 2.75) is 50.2 Å². The van der Waals surface area contributed by atoms with Crippen LogP contribution in [0.1, 0.15) is 38.2 Å². The Morgan fingerprint density at radius 3 is 2.78 bits per heavy atom. The van der Waals surface area contributed by atoms with E-state index in [4.69, 9.17) is 14.0 Å². The van der Waals surface area contributed by atoms with Crippen LogP contribution in [0.25, 0.3) is 11.1 Å². The summed E-state index contributed by atoms with van der Waals surface area (Å²) in [5.74, 6) is 10.5. The molecule has 4 rings (SSSR count). The lowest BCUT2D eigenvalue weighted by Gasteiger charge is -2.28. The predicted molar refractivity (Wildman–Crippen MR) is 132 cm³/mol. The van der Waals surface area contributed by atoms with Crippen molar-refractivity contribution < 1.29 is 27.2 Å². The first kappa shape index (κ1) is 26.0. The minimum Gasteiger partial charge on any atom is -0.408 e. The average Bonchev–Trinajstić information content (AvgIpc) is 3.13. The molecule has 0 aliphatic carbocycles. The smallest absolute Gasteiger partial charge is 0.408 e. The van der Waals surface area contributed by atoms with E-state index in [0.717, 1.165) is 32.2 Å². The highest BCUT2D eigenvalue weighted by molar-refractivity contribution is 7.92. The van der Waals surface area contributed by atoms with Gasteiger partial charge in [-0.3, -0.25) is 9.36 Å². The normalized spacial score (nSPS) is 19.8. The van der Waals surface area contributed by atoms with Gasteiger partial charge in [-0.25, -0.2) is 23.5 Å². The number of benzene rings is 1. The van der Waals surface area contributed by atoms with Gasteiger partial charge in [0.15, 0.2) is 26.5 Å². The maximum Gasteiger partial charge on any atom is 0.419 e. The van der Waals surface area contributed by atoms with Crippen molar-refractivity contribution in [3.05, 3.63) is 34.3 Å². The molecule has 3 heterocycles. The summed E-state index contributed by atoms with van der Waals surface area (Å²) in [4.78, 5) is 30.7. The summed E-state index contributed by atoms with van der Waals surface area (Å²) >= 11 is 0. The number of amides is 1. The lowest BCUT2D eigenvalue weighted by molar-refractivity contribution is -0.201. The van der Waals surface area contributed by atoms with Crippen molar-refractivity contribution in [3.8, 4) is 23.7 Å². The van der Waals surface area contributed by atoms with Gasteiger partial charge in [0.25, 0.3) is 5.91 Å². The van der Waals surface area contributed by atoms with Gasteiger partial charge in [-0.15, -0.1) is 0 Å². The Hall–Kier alpha value is -3.09. The van der Waals surface area contributed by atoms with Crippen LogP contribution >= 0.6 is 0 Å². The molecular formula is C25H29N3O7S. The van der Waals surface area contributed by atoms with Crippen LogP contribution in [0.5, 0.6) is 0 Å². The predicted octanol–water partition coefficient (Wildman–Crippen LogP) is 0.937. The summed E-state index contributed by atoms with van der Waals surface area (Å²) in [6.07, 6.45) is 2.58. The quantitative estimate of drug-likeness (QED) is 0.412. The molecule has 1 amide bonds. The molecule has 11 heteroatoms. The molecular weight excluding hydrogens is 486 g/mol. The number of rotatable bonds is 7. The molecule has 1 aromatic heterocycles. The molecule has 0 saturated carbocycles. The van der Waals surface area contributed by atoms with Gasteiger partial charge < -0.3 is 14.5 Å². The Kier molecular flexibility index (Phi) is 7.86. The summed E-state index contributed by atoms with van der Waals surface area (Å²) < 4.78 is 35.4. The minimum absolute atomic E-state index is 0.0608. The highest BCUT2D eigenvalue weighted by atomic mass is 32.2. The summed E-state index contributed by atoms with van der Waals surface area (Å²) in [5.41, 5.74) is 3.66. The van der Waals surface area contributed by atoms with Crippen LogP contribution in [0.4, 0.5) is 0 Å². The highest BCUT2D eigenvalue weighted by Gasteiger charge is 2.44. The van der Waals surface area contributed by atoms with Gasteiger partial charge in [-0.05, 0) is 56.2 Å². The molecule has 2 fully saturated rings. The minimum atomic E-state index is -3.87. The number of nitrogens with one attached hydrogen (secondary N) is 2. The molecule has 2 aliphatic heterocycles. The number of oxazole rings is 1. The van der Waals surface area contributed by atoms with Crippen molar-refractivity contribution in [2.75, 3.05) is 26.0 Å². The number of ether oxygens (including phenoxy) is 1. The zero-order chi connectivity index (χ0) is 25.8. The van der Waals surface area contributed by atoms with Crippen molar-refractivity contribution in [1.29, 1.82) is 0 Å². The molecule has 2 saturated heterocycles. The van der Waals surface area contributed by atoms with Crippen molar-refractivity contribution in [2.24, 2.45) is 5.92 Å². The fraction of sp³-hybridized carbons (Fsp3) is 0.520. The van der Waals surface area contributed by atoms with Gasteiger partial charge in [0.05, 0.1) is 5.52 Å². The molecule has 2 atom stereocenters. The number of hydrogen-bond donors (Lipinski definition) is 2. The zero-order valence-electron chi connectivity index (χ0n) is 20.3. The van der Waals surface area contributed by atoms with E-state index in [0.29, 0.717) is 35.6 Å². The molecule has 0 bridgehead atoms. The third kappa shape index (κ3) is 5.82. The first-order valence-corrected chi connectivity index (χ1v) is 13.7. The highest BCUT2D eigenvalue weighted by Crippen LogP contribution is 2.24. The number of aryl methyl sites for hydroxylation is 1. The van der Waals surface area contributed by atoms with Crippen LogP contribution in [0.2, 0.25) is 0 Å². The van der Waals surface area contributed by atoms with Gasteiger partial charge >= 0.3 is 5.76 Å². The van der Waals surface area contributed by atoms with Gasteiger partial charge in [-0.2, -0.15) is 0 Å². The summed E-state index contributed by atoms with van der Waals surface area (Å²) in [6, 6.07) is 5.04. The molecule has 2 aliphatic rings. The van der Waals surface area contributed by atoms with E-state index >= 15 is 0 Å². The Morgan fingerprint density at radius 1 is 1.31 bits per heavy atom. The maximum atomic E-state index is 12.9. The molecule has 0 radical (unpaired) electrons. The molecule has 2 aromatic rings. The van der Waals surface area contributed by atoms with Crippen molar-refractivity contribution >= 4 is 26.8 Å². The summed E-state index contributed by atoms with van der Waals surface area (Å²) in [7, 11) is -3.87. The Labute approximate surface area is 209 Å². The lowest BCUT2D eigenvalue weighted by Crippen LogP contribution is -2.51. The van der Waals surface area contributed by atoms with Gasteiger partial charge in [0, 0.05) is 50.4 Å². The monoisotopic (exact) mass is 515 g/mol. The SMILES string of the molecule is C[C@@](CCn1c(=O)oc2cc(C#CC#CC3CNC3)ccc21)(C(=O)NOC1CCCCO1)S(C)(=O)=O. The van der Waals surface area contributed by atoms with E-state index in [2.05, 4.69) is 34.5 Å². The van der Waals surface area contributed by atoms with Crippen LogP contribution in [0.3, 0.4) is 0 Å². The Morgan fingerprint density at radius 2 is 2.11 bits per heavy atom. The standard InChI is InChI=1S/C25H29N3O7S/c1-25(36(2,31)32,23(29)27-35-22-9-5-6-14-33-22)12-13-28-20-11-10-18(15-21(20)34-24(28)30)7-3-4-8-19-16-26-17-19/h10-11,15,19,22,26H,5-6,9,12-14,16-17H2,1-2H3,(H,27,29)/t22?,25-/m1/s1. The van der Waals surface area contributed by atoms with E-state index in [1.54, 1.807) is 18.2 Å². The van der Waals surface area contributed by atoms with Crippen LogP contribution in [-0.2, 0) is 30.8 Å². The largest absolute Gasteiger partial charge is 0.419 e. The number of hydroxylamine groups is 1. The van der Waals surface area contributed by atoms with Crippen LogP contribution in [0.15, 0.2) is 27.4 Å². The van der Waals surface area contributed by atoms with E-state index < -0.39 is 32.5 Å². The maximum absolute atomic E-state index is 12.9. The third-order valence-corrected chi connectivity index (χ3v) is 8.55. The number of nitrogens with zero attached hydrogens (tertiary/aromatic N) is 1. The number of aromatic nitrogens is 1. The second-order valence-electron chi connectivity index (χ2n) is 9.17. The number of fused-ring (bicyclic) bond motifs is 1. The number of sulfone groups is 1. The van der Waals surface area contributed by atoms with Gasteiger partial charge in [0.2, 0.25) is 0 Å². The molecule has 192 valence electrons. The van der Waals surface area contributed by atoms with E-state index in [9.17, 15) is 18.0 Å². The second-order valence-corrected chi connectivity index (χ2v) is 11.6. The fourth-order valence-corrected chi connectivity index (χ4v) is 4.65. The molecule has 1 unspecified atom stereocenters. The molecule has 0 spiro atoms. The Balaban J connectivity index is 1.47. The van der Waals surface area contributed by atoms with Crippen molar-refractivity contribution in [3.63, 3.8) is 0 Å². The number of hydrogen-bond acceptors (Lipinski definition) is 8. The topological polar surface area (TPSA) is 129 Å². The van der Waals surface area contributed by atoms with Gasteiger partial charge in [-0.1, -0.05) is 11.8 Å². The molecule has 10 nitrogen and oxygen atoms in total. The molecule has 2 N–H and O–H groups in total. The lowest BCUT2D eigenvalue weighted by atomic mass is 10.1. The fourth-order valence-electron chi connectivity index (χ4n) is 3.81. The summed E-state index contributed by atoms with van der Waals surface area (Å²) in [6.45, 7) is 3.51.